The van der Waals surface area contributed by atoms with Gasteiger partial charge in [0.15, 0.2) is 0 Å². The minimum absolute atomic E-state index is 0.0369. The smallest absolute Gasteiger partial charge is 0.305 e. The lowest BCUT2D eigenvalue weighted by Crippen LogP contribution is -2.45. The molecule has 0 bridgehead atoms. The van der Waals surface area contributed by atoms with E-state index >= 15 is 0 Å². The molecule has 3 fully saturated rings. The number of nitrogens with two attached hydrogens (primary N) is 1. The Morgan fingerprint density at radius 2 is 1.94 bits per heavy atom. The van der Waals surface area contributed by atoms with Crippen molar-refractivity contribution in [3.8, 4) is 0 Å². The maximum Gasteiger partial charge on any atom is 0.305 e. The molecule has 0 radical (unpaired) electrons. The zero-order valence-corrected chi connectivity index (χ0v) is 27.9. The quantitative estimate of drug-likeness (QED) is 0.0875. The summed E-state index contributed by atoms with van der Waals surface area (Å²) in [6.45, 7) is 4.95. The van der Waals surface area contributed by atoms with Crippen molar-refractivity contribution in [2.45, 2.75) is 83.2 Å². The second kappa shape index (κ2) is 16.7. The van der Waals surface area contributed by atoms with Crippen LogP contribution in [0.15, 0.2) is 65.5 Å². The molecule has 3 atom stereocenters. The lowest BCUT2D eigenvalue weighted by Gasteiger charge is -2.22. The molecule has 10 nitrogen and oxygen atoms in total. The van der Waals surface area contributed by atoms with Crippen molar-refractivity contribution in [2.24, 2.45) is 17.6 Å². The van der Waals surface area contributed by atoms with Gasteiger partial charge >= 0.3 is 4.87 Å². The van der Waals surface area contributed by atoms with E-state index in [2.05, 4.69) is 29.4 Å². The van der Waals surface area contributed by atoms with Crippen molar-refractivity contribution >= 4 is 45.0 Å². The first-order valence-electron chi connectivity index (χ1n) is 16.4. The topological polar surface area (TPSA) is 149 Å². The van der Waals surface area contributed by atoms with Gasteiger partial charge in [0.05, 0.1) is 22.3 Å². The van der Waals surface area contributed by atoms with E-state index in [1.807, 2.05) is 37.3 Å². The summed E-state index contributed by atoms with van der Waals surface area (Å²) in [6, 6.07) is 13.3. The molecule has 5 N–H and O–H groups in total. The SMILES string of the molecule is CCCCC/C=C\C1C[C@@H]1C(=O)N(O)C1(C)CC1.NC(=O)C1CCCN1C(=O)CNc1ccccc1.O=c1[nH]c2ccc(F)cc2s1. The van der Waals surface area contributed by atoms with Gasteiger partial charge in [-0.15, -0.1) is 0 Å². The third-order valence-corrected chi connectivity index (χ3v) is 9.56. The molecule has 3 aliphatic rings. The number of carbonyl (C=O) groups excluding carboxylic acids is 3. The minimum Gasteiger partial charge on any atom is -0.376 e. The van der Waals surface area contributed by atoms with Crippen LogP contribution in [-0.4, -0.2) is 62.5 Å². The number of allylic oxidation sites excluding steroid dienone is 2. The Balaban J connectivity index is 0.000000164. The van der Waals surface area contributed by atoms with E-state index in [1.165, 1.54) is 31.4 Å². The summed E-state index contributed by atoms with van der Waals surface area (Å²) in [5.41, 5.74) is 6.61. The number of para-hydroxylation sites is 1. The third-order valence-electron chi connectivity index (χ3n) is 8.71. The van der Waals surface area contributed by atoms with Gasteiger partial charge in [0.1, 0.15) is 11.9 Å². The van der Waals surface area contributed by atoms with Gasteiger partial charge in [0, 0.05) is 18.2 Å². The molecule has 0 spiro atoms. The molecule has 12 heteroatoms. The minimum atomic E-state index is -0.435. The van der Waals surface area contributed by atoms with E-state index in [0.29, 0.717) is 29.1 Å². The van der Waals surface area contributed by atoms with Gasteiger partial charge in [-0.1, -0.05) is 61.5 Å². The normalized spacial score (nSPS) is 20.5. The number of hydroxylamine groups is 2. The first-order valence-corrected chi connectivity index (χ1v) is 17.2. The summed E-state index contributed by atoms with van der Waals surface area (Å²) in [6.07, 6.45) is 13.5. The van der Waals surface area contributed by atoms with Crippen molar-refractivity contribution in [3.63, 3.8) is 0 Å². The van der Waals surface area contributed by atoms with E-state index in [1.54, 1.807) is 11.0 Å². The lowest BCUT2D eigenvalue weighted by atomic mass is 10.2. The number of H-pyrrole nitrogens is 1. The van der Waals surface area contributed by atoms with Crippen molar-refractivity contribution in [2.75, 3.05) is 18.4 Å². The van der Waals surface area contributed by atoms with Crippen molar-refractivity contribution < 1.29 is 24.0 Å². The summed E-state index contributed by atoms with van der Waals surface area (Å²) in [4.78, 5) is 49.9. The standard InChI is InChI=1S/C15H25NO2.C13H17N3O2.C7H4FNOS/c1-3-4-5-6-7-8-12-11-13(12)14(17)16(18)15(2)9-10-15;14-13(18)11-7-4-8-16(11)12(17)9-15-10-5-2-1-3-6-10;8-4-1-2-5-6(3-4)11-7(10)9-5/h7-8,12-13,18H,3-6,9-11H2,1-2H3;1-3,5-6,11,15H,4,7-9H2,(H2,14,18);1-3H,(H,9,10)/b8-7-;;/t12?,13-;;/m0../s1. The molecule has 254 valence electrons. The number of benzene rings is 2. The number of aromatic nitrogens is 1. The van der Waals surface area contributed by atoms with Crippen LogP contribution in [0.3, 0.4) is 0 Å². The highest BCUT2D eigenvalue weighted by Gasteiger charge is 2.51. The fraction of sp³-hybridized carbons (Fsp3) is 0.486. The summed E-state index contributed by atoms with van der Waals surface area (Å²) in [5.74, 6) is -0.474. The van der Waals surface area contributed by atoms with Gasteiger partial charge in [-0.05, 0) is 88.1 Å². The van der Waals surface area contributed by atoms with Crippen molar-refractivity contribution in [1.82, 2.24) is 14.9 Å². The van der Waals surface area contributed by atoms with Crippen LogP contribution in [0.1, 0.15) is 71.6 Å². The highest BCUT2D eigenvalue weighted by atomic mass is 32.1. The van der Waals surface area contributed by atoms with E-state index in [4.69, 9.17) is 5.73 Å². The summed E-state index contributed by atoms with van der Waals surface area (Å²) in [5, 5.41) is 13.9. The Morgan fingerprint density at radius 1 is 1.19 bits per heavy atom. The zero-order chi connectivity index (χ0) is 34.0. The number of carbonyl (C=O) groups is 3. The fourth-order valence-electron chi connectivity index (χ4n) is 5.43. The number of nitrogens with one attached hydrogen (secondary N) is 2. The molecule has 2 aromatic carbocycles. The number of thiazole rings is 1. The van der Waals surface area contributed by atoms with Crippen LogP contribution >= 0.6 is 11.3 Å². The Morgan fingerprint density at radius 3 is 2.62 bits per heavy atom. The number of halogens is 1. The summed E-state index contributed by atoms with van der Waals surface area (Å²) in [7, 11) is 0. The van der Waals surface area contributed by atoms with E-state index in [9.17, 15) is 28.8 Å². The fourth-order valence-corrected chi connectivity index (χ4v) is 6.19. The maximum absolute atomic E-state index is 12.5. The number of aromatic amines is 1. The predicted octanol–water partition coefficient (Wildman–Crippen LogP) is 5.83. The van der Waals surface area contributed by atoms with Crippen LogP contribution < -0.4 is 15.9 Å². The average molecular weight is 668 g/mol. The molecular weight excluding hydrogens is 621 g/mol. The van der Waals surface area contributed by atoms with E-state index in [0.717, 1.165) is 54.2 Å². The largest absolute Gasteiger partial charge is 0.376 e. The molecule has 6 rings (SSSR count). The number of likely N-dealkylation sites (tertiary alicyclic amines) is 1. The van der Waals surface area contributed by atoms with Crippen LogP contribution in [0, 0.1) is 17.7 Å². The Labute approximate surface area is 278 Å². The molecule has 1 saturated heterocycles. The van der Waals surface area contributed by atoms with Gasteiger partial charge in [0.2, 0.25) is 17.7 Å². The second-order valence-corrected chi connectivity index (χ2v) is 13.6. The van der Waals surface area contributed by atoms with Gasteiger partial charge in [-0.25, -0.2) is 9.45 Å². The molecule has 1 aliphatic heterocycles. The lowest BCUT2D eigenvalue weighted by molar-refractivity contribution is -0.180. The Kier molecular flexibility index (Phi) is 12.7. The first-order chi connectivity index (χ1) is 22.5. The van der Waals surface area contributed by atoms with Crippen LogP contribution in [0.25, 0.3) is 10.2 Å². The van der Waals surface area contributed by atoms with E-state index < -0.39 is 11.9 Å². The molecule has 2 saturated carbocycles. The van der Waals surface area contributed by atoms with Crippen LogP contribution in [0.2, 0.25) is 0 Å². The monoisotopic (exact) mass is 667 g/mol. The molecule has 1 aromatic heterocycles. The number of nitrogens with zero attached hydrogens (tertiary/aromatic N) is 2. The average Bonchev–Trinajstić information content (AvgIpc) is 3.90. The molecule has 2 unspecified atom stereocenters. The molecule has 2 aliphatic carbocycles. The highest BCUT2D eigenvalue weighted by molar-refractivity contribution is 7.16. The molecule has 47 heavy (non-hydrogen) atoms. The molecule has 2 heterocycles. The third kappa shape index (κ3) is 10.5. The maximum atomic E-state index is 12.5. The van der Waals surface area contributed by atoms with Gasteiger partial charge < -0.3 is 20.9 Å². The summed E-state index contributed by atoms with van der Waals surface area (Å²) >= 11 is 1.02. The molecule has 3 aromatic rings. The number of primary amides is 1. The van der Waals surface area contributed by atoms with E-state index in [-0.39, 0.29) is 40.5 Å². The second-order valence-electron chi connectivity index (χ2n) is 12.6. The number of fused-ring (bicyclic) bond motifs is 1. The Bertz CT molecular complexity index is 1590. The molecule has 3 amide bonds. The number of hydrogen-bond acceptors (Lipinski definition) is 7. The number of amides is 3. The van der Waals surface area contributed by atoms with Crippen molar-refractivity contribution in [3.05, 3.63) is 76.2 Å². The van der Waals surface area contributed by atoms with Gasteiger partial charge in [-0.3, -0.25) is 24.4 Å². The molecular formula is C35H46FN5O5S. The zero-order valence-electron chi connectivity index (χ0n) is 27.1. The van der Waals surface area contributed by atoms with Crippen LogP contribution in [0.5, 0.6) is 0 Å². The first kappa shape index (κ1) is 35.8. The van der Waals surface area contributed by atoms with Crippen molar-refractivity contribution in [1.29, 1.82) is 0 Å². The highest BCUT2D eigenvalue weighted by Crippen LogP contribution is 2.46. The number of unbranched alkanes of at least 4 members (excludes halogenated alkanes) is 3. The summed E-state index contributed by atoms with van der Waals surface area (Å²) < 4.78 is 13.2. The predicted molar refractivity (Wildman–Crippen MR) is 182 cm³/mol. The van der Waals surface area contributed by atoms with Gasteiger partial charge in [-0.2, -0.15) is 0 Å². The van der Waals surface area contributed by atoms with Gasteiger partial charge in [0.25, 0.3) is 0 Å². The van der Waals surface area contributed by atoms with Crippen LogP contribution in [0.4, 0.5) is 10.1 Å². The number of rotatable bonds is 11. The van der Waals surface area contributed by atoms with Crippen LogP contribution in [-0.2, 0) is 14.4 Å². The Hall–Kier alpha value is -4.03. The number of hydrogen-bond donors (Lipinski definition) is 4. The number of anilines is 1.